The van der Waals surface area contributed by atoms with Crippen LogP contribution in [0, 0.1) is 0 Å². The Labute approximate surface area is 212 Å². The van der Waals surface area contributed by atoms with Gasteiger partial charge in [-0.1, -0.05) is 80.0 Å². The van der Waals surface area contributed by atoms with Crippen LogP contribution in [-0.2, 0) is 4.79 Å². The molecule has 1 heterocycles. The normalized spacial score (nSPS) is 15.0. The number of hydrogen-bond acceptors (Lipinski definition) is 2. The average molecular weight is 483 g/mol. The highest BCUT2D eigenvalue weighted by atomic mass is 35.5. The second-order valence-corrected chi connectivity index (χ2v) is 9.26. The highest BCUT2D eigenvalue weighted by Gasteiger charge is 2.20. The Balaban J connectivity index is 1.47. The van der Waals surface area contributed by atoms with E-state index >= 15 is 0 Å². The first-order valence-electron chi connectivity index (χ1n) is 13.1. The molecule has 1 fully saturated rings. The standard InChI is InChI=1S/C30H43ClN2O/c1-2-3-4-5-6-7-8-9-10-11-12-13-14-15-16-17-18-19-30(34)33-26-24-32(25-27-33)29-22-20-28(31)21-23-29/h6-7,9-10,12-13,15-16,20-23H,2-5,8,11,14,17-19,24-27H2,1H3/b7-6-,10-9-,13-12-,16-15-. The van der Waals surface area contributed by atoms with Gasteiger partial charge in [0, 0.05) is 43.3 Å². The summed E-state index contributed by atoms with van der Waals surface area (Å²) in [7, 11) is 0. The van der Waals surface area contributed by atoms with Crippen LogP contribution in [0.25, 0.3) is 0 Å². The first-order valence-corrected chi connectivity index (χ1v) is 13.5. The molecule has 0 N–H and O–H groups in total. The number of carbonyl (C=O) groups is 1. The zero-order valence-corrected chi connectivity index (χ0v) is 21.8. The maximum absolute atomic E-state index is 12.5. The summed E-state index contributed by atoms with van der Waals surface area (Å²) < 4.78 is 0. The van der Waals surface area contributed by atoms with Crippen molar-refractivity contribution in [2.24, 2.45) is 0 Å². The third-order valence-electron chi connectivity index (χ3n) is 6.04. The number of benzene rings is 1. The van der Waals surface area contributed by atoms with Gasteiger partial charge >= 0.3 is 0 Å². The molecule has 34 heavy (non-hydrogen) atoms. The topological polar surface area (TPSA) is 23.6 Å². The van der Waals surface area contributed by atoms with Gasteiger partial charge in [-0.2, -0.15) is 0 Å². The molecule has 0 aliphatic carbocycles. The molecule has 0 saturated carbocycles. The van der Waals surface area contributed by atoms with Gasteiger partial charge in [-0.05, 0) is 69.2 Å². The molecular weight excluding hydrogens is 440 g/mol. The molecule has 0 bridgehead atoms. The minimum Gasteiger partial charge on any atom is -0.368 e. The van der Waals surface area contributed by atoms with Gasteiger partial charge in [0.2, 0.25) is 5.91 Å². The van der Waals surface area contributed by atoms with E-state index in [1.165, 1.54) is 31.4 Å². The van der Waals surface area contributed by atoms with E-state index in [-0.39, 0.29) is 5.91 Å². The number of hydrogen-bond donors (Lipinski definition) is 0. The first-order chi connectivity index (χ1) is 16.7. The molecule has 3 nitrogen and oxygen atoms in total. The molecule has 1 saturated heterocycles. The lowest BCUT2D eigenvalue weighted by molar-refractivity contribution is -0.131. The van der Waals surface area contributed by atoms with Crippen LogP contribution in [0.2, 0.25) is 5.02 Å². The van der Waals surface area contributed by atoms with E-state index in [9.17, 15) is 4.79 Å². The Bertz CT molecular complexity index is 787. The van der Waals surface area contributed by atoms with Crippen molar-refractivity contribution < 1.29 is 4.79 Å². The molecular formula is C30H43ClN2O. The van der Waals surface area contributed by atoms with Crippen molar-refractivity contribution in [3.8, 4) is 0 Å². The maximum atomic E-state index is 12.5. The van der Waals surface area contributed by atoms with Crippen molar-refractivity contribution in [1.29, 1.82) is 0 Å². The fraction of sp³-hybridized carbons (Fsp3) is 0.500. The van der Waals surface area contributed by atoms with Gasteiger partial charge < -0.3 is 9.80 Å². The Morgan fingerprint density at radius 2 is 1.29 bits per heavy atom. The third kappa shape index (κ3) is 12.3. The van der Waals surface area contributed by atoms with Crippen molar-refractivity contribution >= 4 is 23.2 Å². The Hall–Kier alpha value is -2.26. The Morgan fingerprint density at radius 3 is 1.85 bits per heavy atom. The summed E-state index contributed by atoms with van der Waals surface area (Å²) in [6.45, 7) is 5.60. The lowest BCUT2D eigenvalue weighted by Crippen LogP contribution is -2.48. The molecule has 186 valence electrons. The molecule has 0 spiro atoms. The zero-order valence-electron chi connectivity index (χ0n) is 21.0. The predicted molar refractivity (Wildman–Crippen MR) is 149 cm³/mol. The van der Waals surface area contributed by atoms with Crippen LogP contribution in [0.4, 0.5) is 5.69 Å². The molecule has 1 aromatic carbocycles. The van der Waals surface area contributed by atoms with Gasteiger partial charge in [-0.25, -0.2) is 0 Å². The SMILES string of the molecule is CCCCC/C=C\C/C=C\C/C=C\C/C=C\CCCC(=O)N1CCN(c2ccc(Cl)cc2)CC1. The summed E-state index contributed by atoms with van der Waals surface area (Å²) >= 11 is 5.97. The number of amides is 1. The number of carbonyl (C=O) groups excluding carboxylic acids is 1. The molecule has 1 aliphatic heterocycles. The van der Waals surface area contributed by atoms with E-state index in [2.05, 4.69) is 60.4 Å². The van der Waals surface area contributed by atoms with Crippen LogP contribution in [-0.4, -0.2) is 37.0 Å². The summed E-state index contributed by atoms with van der Waals surface area (Å²) in [4.78, 5) is 16.8. The highest BCUT2D eigenvalue weighted by Crippen LogP contribution is 2.19. The molecule has 4 heteroatoms. The molecule has 0 radical (unpaired) electrons. The molecule has 1 aromatic rings. The monoisotopic (exact) mass is 482 g/mol. The van der Waals surface area contributed by atoms with Crippen molar-refractivity contribution in [1.82, 2.24) is 4.90 Å². The summed E-state index contributed by atoms with van der Waals surface area (Å²) in [5.41, 5.74) is 1.18. The summed E-state index contributed by atoms with van der Waals surface area (Å²) in [6, 6.07) is 7.94. The molecule has 0 aromatic heterocycles. The largest absolute Gasteiger partial charge is 0.368 e. The maximum Gasteiger partial charge on any atom is 0.222 e. The van der Waals surface area contributed by atoms with Crippen LogP contribution >= 0.6 is 11.6 Å². The van der Waals surface area contributed by atoms with Crippen molar-refractivity contribution in [2.45, 2.75) is 71.1 Å². The lowest BCUT2D eigenvalue weighted by Gasteiger charge is -2.36. The molecule has 2 rings (SSSR count). The number of piperazine rings is 1. The number of unbranched alkanes of at least 4 members (excludes halogenated alkanes) is 4. The smallest absolute Gasteiger partial charge is 0.222 e. The molecule has 1 aliphatic rings. The average Bonchev–Trinajstić information content (AvgIpc) is 2.86. The van der Waals surface area contributed by atoms with Gasteiger partial charge in [0.1, 0.15) is 0 Å². The molecule has 0 unspecified atom stereocenters. The number of allylic oxidation sites excluding steroid dienone is 8. The Kier molecular flexibility index (Phi) is 14.9. The second-order valence-electron chi connectivity index (χ2n) is 8.82. The predicted octanol–water partition coefficient (Wildman–Crippen LogP) is 8.13. The first kappa shape index (κ1) is 28.0. The van der Waals surface area contributed by atoms with E-state index in [0.29, 0.717) is 6.42 Å². The molecule has 0 atom stereocenters. The quantitative estimate of drug-likeness (QED) is 0.186. The lowest BCUT2D eigenvalue weighted by atomic mass is 10.1. The number of anilines is 1. The van der Waals surface area contributed by atoms with Crippen LogP contribution in [0.15, 0.2) is 72.9 Å². The summed E-state index contributed by atoms with van der Waals surface area (Å²) in [5.74, 6) is 0.284. The van der Waals surface area contributed by atoms with E-state index in [1.54, 1.807) is 0 Å². The minimum atomic E-state index is 0.284. The van der Waals surface area contributed by atoms with Gasteiger partial charge in [0.25, 0.3) is 0 Å². The fourth-order valence-electron chi connectivity index (χ4n) is 3.96. The van der Waals surface area contributed by atoms with Crippen molar-refractivity contribution in [2.75, 3.05) is 31.1 Å². The van der Waals surface area contributed by atoms with Crippen LogP contribution in [0.3, 0.4) is 0 Å². The van der Waals surface area contributed by atoms with Crippen LogP contribution in [0.1, 0.15) is 71.1 Å². The summed E-state index contributed by atoms with van der Waals surface area (Å²) in [5, 5.41) is 0.756. The minimum absolute atomic E-state index is 0.284. The number of nitrogens with zero attached hydrogens (tertiary/aromatic N) is 2. The second kappa shape index (κ2) is 18.1. The molecule has 1 amide bonds. The highest BCUT2D eigenvalue weighted by molar-refractivity contribution is 6.30. The summed E-state index contributed by atoms with van der Waals surface area (Å²) in [6.07, 6.45) is 28.6. The fourth-order valence-corrected chi connectivity index (χ4v) is 4.08. The van der Waals surface area contributed by atoms with Gasteiger partial charge in [-0.15, -0.1) is 0 Å². The third-order valence-corrected chi connectivity index (χ3v) is 6.30. The van der Waals surface area contributed by atoms with Crippen molar-refractivity contribution in [3.63, 3.8) is 0 Å². The van der Waals surface area contributed by atoms with Crippen molar-refractivity contribution in [3.05, 3.63) is 77.9 Å². The number of rotatable bonds is 15. The van der Waals surface area contributed by atoms with Gasteiger partial charge in [0.05, 0.1) is 0 Å². The van der Waals surface area contributed by atoms with Crippen LogP contribution in [0.5, 0.6) is 0 Å². The Morgan fingerprint density at radius 1 is 0.765 bits per heavy atom. The number of halogens is 1. The van der Waals surface area contributed by atoms with E-state index in [0.717, 1.165) is 63.3 Å². The van der Waals surface area contributed by atoms with Gasteiger partial charge in [0.15, 0.2) is 0 Å². The van der Waals surface area contributed by atoms with Crippen LogP contribution < -0.4 is 4.90 Å². The van der Waals surface area contributed by atoms with Gasteiger partial charge in [-0.3, -0.25) is 4.79 Å². The zero-order chi connectivity index (χ0) is 24.3. The van der Waals surface area contributed by atoms with E-state index < -0.39 is 0 Å². The van der Waals surface area contributed by atoms with E-state index in [1.807, 2.05) is 29.2 Å². The van der Waals surface area contributed by atoms with E-state index in [4.69, 9.17) is 11.6 Å².